The minimum Gasteiger partial charge on any atom is -0.338 e. The van der Waals surface area contributed by atoms with Gasteiger partial charge in [-0.1, -0.05) is 0 Å². The Morgan fingerprint density at radius 3 is 1.90 bits per heavy atom. The van der Waals surface area contributed by atoms with E-state index < -0.39 is 21.3 Å². The predicted molar refractivity (Wildman–Crippen MR) is 31.8 cm³/mol. The van der Waals surface area contributed by atoms with Crippen LogP contribution in [0.15, 0.2) is 0 Å². The van der Waals surface area contributed by atoms with Crippen LogP contribution in [0.3, 0.4) is 0 Å². The van der Waals surface area contributed by atoms with E-state index in [2.05, 4.69) is 15.8 Å². The largest absolute Gasteiger partial charge is 0.406 e. The molecule has 0 amide bonds. The second kappa shape index (κ2) is 2.98. The van der Waals surface area contributed by atoms with Gasteiger partial charge in [0.15, 0.2) is 0 Å². The molecule has 0 aromatic rings. The van der Waals surface area contributed by atoms with E-state index in [1.165, 1.54) is 0 Å². The first kappa shape index (κ1) is 9.38. The molecule has 0 heterocycles. The number of rotatable bonds is 2. The summed E-state index contributed by atoms with van der Waals surface area (Å²) in [7, 11) is -3.92. The topological polar surface area (TPSA) is 77.5 Å². The van der Waals surface area contributed by atoms with Gasteiger partial charge in [0.25, 0.3) is 0 Å². The molecule has 7 heteroatoms. The molecule has 0 bridgehead atoms. The van der Waals surface area contributed by atoms with Gasteiger partial charge >= 0.3 is 21.3 Å². The maximum absolute atomic E-state index is 10.1. The summed E-state index contributed by atoms with van der Waals surface area (Å²) >= 11 is 4.56. The quantitative estimate of drug-likeness (QED) is 0.322. The van der Waals surface area contributed by atoms with Gasteiger partial charge in [-0.15, -0.1) is 0 Å². The molecule has 0 radical (unpaired) electrons. The summed E-state index contributed by atoms with van der Waals surface area (Å²) in [6, 6.07) is 0. The lowest BCUT2D eigenvalue weighted by Gasteiger charge is -1.93. The second-order valence-corrected chi connectivity index (χ2v) is 3.27. The molecule has 0 aliphatic rings. The molecular weight excluding hydrogens is 184 g/mol. The van der Waals surface area contributed by atoms with Crippen LogP contribution in [0.1, 0.15) is 0 Å². The third-order valence-electron chi connectivity index (χ3n) is 0.388. The van der Waals surface area contributed by atoms with Crippen molar-refractivity contribution in [1.29, 1.82) is 0 Å². The van der Waals surface area contributed by atoms with Gasteiger partial charge in [-0.25, -0.2) is 4.79 Å². The highest BCUT2D eigenvalue weighted by atomic mass is 35.5. The SMILES string of the molecule is CS(=O)(=O)OC(=O)C(=O)Cl. The van der Waals surface area contributed by atoms with Crippen LogP contribution in [0, 0.1) is 0 Å². The summed E-state index contributed by atoms with van der Waals surface area (Å²) in [4.78, 5) is 19.9. The highest BCUT2D eigenvalue weighted by Gasteiger charge is 2.17. The molecule has 0 atom stereocenters. The molecule has 0 aliphatic heterocycles. The molecule has 0 spiro atoms. The van der Waals surface area contributed by atoms with Crippen molar-refractivity contribution in [1.82, 2.24) is 0 Å². The summed E-state index contributed by atoms with van der Waals surface area (Å²) in [5.41, 5.74) is 0. The van der Waals surface area contributed by atoms with Gasteiger partial charge in [-0.2, -0.15) is 8.42 Å². The van der Waals surface area contributed by atoms with E-state index in [0.717, 1.165) is 0 Å². The third-order valence-corrected chi connectivity index (χ3v) is 0.996. The van der Waals surface area contributed by atoms with E-state index in [1.54, 1.807) is 0 Å². The zero-order valence-electron chi connectivity index (χ0n) is 4.83. The summed E-state index contributed by atoms with van der Waals surface area (Å²) in [5.74, 6) is -1.59. The van der Waals surface area contributed by atoms with Crippen molar-refractivity contribution in [2.24, 2.45) is 0 Å². The lowest BCUT2D eigenvalue weighted by Crippen LogP contribution is -2.16. The number of halogens is 1. The van der Waals surface area contributed by atoms with Crippen molar-refractivity contribution in [3.63, 3.8) is 0 Å². The Morgan fingerprint density at radius 1 is 1.40 bits per heavy atom. The summed E-state index contributed by atoms with van der Waals surface area (Å²) in [5, 5.41) is -1.47. The number of hydrogen-bond acceptors (Lipinski definition) is 5. The molecule has 5 nitrogen and oxygen atoms in total. The molecule has 0 N–H and O–H groups in total. The molecular formula is C3H3ClO5S. The Balaban J connectivity index is 4.21. The van der Waals surface area contributed by atoms with Gasteiger partial charge in [0, 0.05) is 0 Å². The zero-order chi connectivity index (χ0) is 8.36. The van der Waals surface area contributed by atoms with Gasteiger partial charge in [0.05, 0.1) is 6.26 Å². The van der Waals surface area contributed by atoms with Crippen molar-refractivity contribution in [3.8, 4) is 0 Å². The lowest BCUT2D eigenvalue weighted by atomic mass is 10.8. The number of carbonyl (C=O) groups is 2. The van der Waals surface area contributed by atoms with Crippen molar-refractivity contribution >= 4 is 32.9 Å². The standard InChI is InChI=1S/C3H3ClO5S/c1-10(7,8)9-3(6)2(4)5/h1H3. The van der Waals surface area contributed by atoms with E-state index in [0.29, 0.717) is 6.26 Å². The Hall–Kier alpha value is -0.620. The van der Waals surface area contributed by atoms with Gasteiger partial charge in [0.1, 0.15) is 0 Å². The lowest BCUT2D eigenvalue weighted by molar-refractivity contribution is -0.142. The van der Waals surface area contributed by atoms with Gasteiger partial charge in [-0.05, 0) is 11.6 Å². The summed E-state index contributed by atoms with van der Waals surface area (Å²) in [6.45, 7) is 0. The molecule has 0 saturated carbocycles. The Kier molecular flexibility index (Phi) is 2.79. The average Bonchev–Trinajstić information content (AvgIpc) is 1.60. The molecule has 0 aromatic carbocycles. The maximum Gasteiger partial charge on any atom is 0.406 e. The van der Waals surface area contributed by atoms with Crippen molar-refractivity contribution < 1.29 is 22.2 Å². The first-order chi connectivity index (χ1) is 4.33. The molecule has 0 saturated heterocycles. The molecule has 58 valence electrons. The van der Waals surface area contributed by atoms with Crippen molar-refractivity contribution in [2.45, 2.75) is 0 Å². The Bertz CT molecular complexity index is 252. The Labute approximate surface area is 62.0 Å². The number of carbonyl (C=O) groups excluding carboxylic acids is 2. The fraction of sp³-hybridized carbons (Fsp3) is 0.333. The monoisotopic (exact) mass is 186 g/mol. The second-order valence-electron chi connectivity index (χ2n) is 1.35. The van der Waals surface area contributed by atoms with E-state index >= 15 is 0 Å². The first-order valence-electron chi connectivity index (χ1n) is 1.96. The molecule has 0 aliphatic carbocycles. The van der Waals surface area contributed by atoms with Crippen LogP contribution in [0.25, 0.3) is 0 Å². The summed E-state index contributed by atoms with van der Waals surface area (Å²) < 4.78 is 23.7. The van der Waals surface area contributed by atoms with E-state index in [4.69, 9.17) is 0 Å². The number of hydrogen-bond donors (Lipinski definition) is 0. The minimum absolute atomic E-state index is 0.630. The van der Waals surface area contributed by atoms with E-state index in [1.807, 2.05) is 0 Å². The fourth-order valence-corrected chi connectivity index (χ4v) is 0.605. The van der Waals surface area contributed by atoms with E-state index in [9.17, 15) is 18.0 Å². The van der Waals surface area contributed by atoms with Crippen LogP contribution in [0.4, 0.5) is 0 Å². The minimum atomic E-state index is -3.92. The van der Waals surface area contributed by atoms with Gasteiger partial charge in [0.2, 0.25) is 0 Å². The highest BCUT2D eigenvalue weighted by Crippen LogP contribution is 1.91. The van der Waals surface area contributed by atoms with Gasteiger partial charge < -0.3 is 4.18 Å². The van der Waals surface area contributed by atoms with Crippen LogP contribution in [0.5, 0.6) is 0 Å². The molecule has 0 rings (SSSR count). The fourth-order valence-electron chi connectivity index (χ4n) is 0.170. The van der Waals surface area contributed by atoms with Crippen LogP contribution in [-0.2, 0) is 23.9 Å². The van der Waals surface area contributed by atoms with E-state index in [-0.39, 0.29) is 0 Å². The maximum atomic E-state index is 10.1. The first-order valence-corrected chi connectivity index (χ1v) is 4.15. The zero-order valence-corrected chi connectivity index (χ0v) is 6.40. The summed E-state index contributed by atoms with van der Waals surface area (Å²) in [6.07, 6.45) is 0.630. The highest BCUT2D eigenvalue weighted by molar-refractivity contribution is 7.86. The van der Waals surface area contributed by atoms with Crippen LogP contribution in [0.2, 0.25) is 0 Å². The molecule has 0 fully saturated rings. The van der Waals surface area contributed by atoms with Crippen LogP contribution in [-0.4, -0.2) is 25.9 Å². The van der Waals surface area contributed by atoms with Gasteiger partial charge in [-0.3, -0.25) is 4.79 Å². The molecule has 10 heavy (non-hydrogen) atoms. The smallest absolute Gasteiger partial charge is 0.338 e. The van der Waals surface area contributed by atoms with Crippen LogP contribution >= 0.6 is 11.6 Å². The predicted octanol–water partition coefficient (Wildman–Crippen LogP) is -0.745. The average molecular weight is 187 g/mol. The van der Waals surface area contributed by atoms with Crippen LogP contribution < -0.4 is 0 Å². The third kappa shape index (κ3) is 4.28. The molecule has 0 aromatic heterocycles. The van der Waals surface area contributed by atoms with Crippen molar-refractivity contribution in [2.75, 3.05) is 6.26 Å². The Morgan fingerprint density at radius 2 is 1.80 bits per heavy atom. The normalized spacial score (nSPS) is 10.6. The van der Waals surface area contributed by atoms with Crippen molar-refractivity contribution in [3.05, 3.63) is 0 Å². The molecule has 0 unspecified atom stereocenters.